The Morgan fingerprint density at radius 2 is 1.02 bits per heavy atom. The number of aromatic nitrogens is 4. The molecule has 2 aromatic carbocycles. The summed E-state index contributed by atoms with van der Waals surface area (Å²) in [5, 5.41) is 1.95. The van der Waals surface area contributed by atoms with Gasteiger partial charge in [-0.3, -0.25) is 0 Å². The van der Waals surface area contributed by atoms with Crippen LogP contribution >= 0.6 is 22.7 Å². The van der Waals surface area contributed by atoms with E-state index in [0.717, 1.165) is 59.0 Å². The molecule has 2 aliphatic carbocycles. The third kappa shape index (κ3) is 4.57. The normalized spacial score (nSPS) is 14.4. The fraction of sp³-hybridized carbons (Fsp3) is 0.250. The molecule has 4 aromatic heterocycles. The van der Waals surface area contributed by atoms with Gasteiger partial charge in [0.15, 0.2) is 0 Å². The van der Waals surface area contributed by atoms with Crippen LogP contribution < -0.4 is 9.47 Å². The van der Waals surface area contributed by atoms with Crippen LogP contribution in [0.15, 0.2) is 58.3 Å². The monoisotopic (exact) mass is 626 g/mol. The number of hydrogen-bond acceptors (Lipinski definition) is 10. The van der Waals surface area contributed by atoms with Crippen molar-refractivity contribution in [3.8, 4) is 23.3 Å². The summed E-state index contributed by atoms with van der Waals surface area (Å²) in [4.78, 5) is 23.3. The zero-order chi connectivity index (χ0) is 29.3. The zero-order valence-corrected chi connectivity index (χ0v) is 26.0. The summed E-state index contributed by atoms with van der Waals surface area (Å²) < 4.78 is 39.4. The van der Waals surface area contributed by atoms with E-state index in [1.165, 1.54) is 20.9 Å². The highest BCUT2D eigenvalue weighted by Crippen LogP contribution is 2.43. The number of thiophene rings is 2. The Bertz CT molecular complexity index is 2020. The van der Waals surface area contributed by atoms with E-state index in [0.29, 0.717) is 34.9 Å². The van der Waals surface area contributed by atoms with Crippen LogP contribution in [0.1, 0.15) is 45.4 Å². The molecule has 8 nitrogen and oxygen atoms in total. The lowest BCUT2D eigenvalue weighted by molar-refractivity contribution is 0.466. The van der Waals surface area contributed by atoms with E-state index in [4.69, 9.17) is 9.47 Å². The van der Waals surface area contributed by atoms with Gasteiger partial charge in [-0.25, -0.2) is 18.4 Å². The topological polar surface area (TPSA) is 104 Å². The van der Waals surface area contributed by atoms with Gasteiger partial charge in [-0.15, -0.1) is 22.7 Å². The summed E-state index contributed by atoms with van der Waals surface area (Å²) in [6, 6.07) is 12.9. The second-order valence-corrected chi connectivity index (χ2v) is 15.0. The minimum atomic E-state index is -3.76. The van der Waals surface area contributed by atoms with Gasteiger partial charge in [0.1, 0.15) is 32.8 Å². The largest absolute Gasteiger partial charge is 0.438 e. The van der Waals surface area contributed by atoms with Gasteiger partial charge in [0, 0.05) is 9.75 Å². The Labute approximate surface area is 256 Å². The average molecular weight is 627 g/mol. The van der Waals surface area contributed by atoms with E-state index >= 15 is 0 Å². The number of rotatable bonds is 6. The summed E-state index contributed by atoms with van der Waals surface area (Å²) in [6.07, 6.45) is 6.38. The van der Waals surface area contributed by atoms with Crippen molar-refractivity contribution in [2.75, 3.05) is 0 Å². The number of fused-ring (bicyclic) bond motifs is 6. The number of nitrogens with zero attached hydrogens (tertiary/aromatic N) is 4. The molecule has 0 bridgehead atoms. The maximum absolute atomic E-state index is 13.5. The molecule has 43 heavy (non-hydrogen) atoms. The summed E-state index contributed by atoms with van der Waals surface area (Å²) >= 11 is 3.42. The molecule has 0 fully saturated rings. The van der Waals surface area contributed by atoms with E-state index < -0.39 is 9.84 Å². The van der Waals surface area contributed by atoms with Gasteiger partial charge in [-0.05, 0) is 112 Å². The fourth-order valence-electron chi connectivity index (χ4n) is 6.01. The van der Waals surface area contributed by atoms with Gasteiger partial charge in [0.25, 0.3) is 0 Å². The zero-order valence-electron chi connectivity index (χ0n) is 23.5. The van der Waals surface area contributed by atoms with Crippen molar-refractivity contribution in [2.45, 2.75) is 62.2 Å². The second-order valence-electron chi connectivity index (χ2n) is 10.9. The maximum atomic E-state index is 13.5. The molecule has 2 aliphatic rings. The van der Waals surface area contributed by atoms with Gasteiger partial charge in [-0.1, -0.05) is 0 Å². The van der Waals surface area contributed by atoms with Gasteiger partial charge in [0.2, 0.25) is 21.6 Å². The van der Waals surface area contributed by atoms with Crippen molar-refractivity contribution in [3.05, 3.63) is 81.1 Å². The summed E-state index contributed by atoms with van der Waals surface area (Å²) in [7, 11) is -3.76. The predicted octanol–water partition coefficient (Wildman–Crippen LogP) is 7.71. The first-order valence-electron chi connectivity index (χ1n) is 14.2. The fourth-order valence-corrected chi connectivity index (χ4v) is 9.86. The quantitative estimate of drug-likeness (QED) is 0.185. The lowest BCUT2D eigenvalue weighted by Crippen LogP contribution is -2.02. The molecule has 8 rings (SSSR count). The van der Waals surface area contributed by atoms with Crippen LogP contribution in [0.2, 0.25) is 0 Å². The number of benzene rings is 2. The van der Waals surface area contributed by atoms with E-state index in [1.54, 1.807) is 71.2 Å². The maximum Gasteiger partial charge on any atom is 0.231 e. The molecule has 0 aliphatic heterocycles. The molecule has 0 N–H and O–H groups in total. The molecule has 4 heterocycles. The summed E-state index contributed by atoms with van der Waals surface area (Å²) in [5.74, 6) is 3.38. The highest BCUT2D eigenvalue weighted by molar-refractivity contribution is 7.91. The molecular weight excluding hydrogens is 601 g/mol. The molecule has 0 saturated carbocycles. The SMILES string of the molecule is Cc1nc(Oc2ccc(S(=O)(=O)c3ccc(Oc4nc(C)nc5sc6c(c45)CCC6)cc3)cc2)c2c3c(sc2n1)CCC3. The highest BCUT2D eigenvalue weighted by atomic mass is 32.2. The van der Waals surface area contributed by atoms with Crippen molar-refractivity contribution in [3.63, 3.8) is 0 Å². The van der Waals surface area contributed by atoms with E-state index in [-0.39, 0.29) is 9.79 Å². The van der Waals surface area contributed by atoms with Gasteiger partial charge in [-0.2, -0.15) is 9.97 Å². The molecule has 0 radical (unpaired) electrons. The molecule has 0 spiro atoms. The molecular formula is C32H26N4O4S3. The minimum absolute atomic E-state index is 0.177. The molecule has 216 valence electrons. The number of aryl methyl sites for hydroxylation is 6. The van der Waals surface area contributed by atoms with Crippen LogP contribution in [-0.2, 0) is 35.5 Å². The molecule has 0 saturated heterocycles. The molecule has 0 atom stereocenters. The Hall–Kier alpha value is -3.93. The first-order chi connectivity index (χ1) is 20.8. The van der Waals surface area contributed by atoms with Gasteiger partial charge in [0.05, 0.1) is 20.6 Å². The van der Waals surface area contributed by atoms with Gasteiger partial charge >= 0.3 is 0 Å². The van der Waals surface area contributed by atoms with Crippen molar-refractivity contribution in [1.82, 2.24) is 19.9 Å². The van der Waals surface area contributed by atoms with E-state index in [1.807, 2.05) is 13.8 Å². The van der Waals surface area contributed by atoms with Crippen molar-refractivity contribution < 1.29 is 17.9 Å². The Balaban J connectivity index is 1.04. The molecule has 0 unspecified atom stereocenters. The minimum Gasteiger partial charge on any atom is -0.438 e. The van der Waals surface area contributed by atoms with Crippen molar-refractivity contribution in [1.29, 1.82) is 0 Å². The van der Waals surface area contributed by atoms with Crippen molar-refractivity contribution in [2.24, 2.45) is 0 Å². The Morgan fingerprint density at radius 1 is 0.605 bits per heavy atom. The second kappa shape index (κ2) is 10.1. The number of hydrogen-bond donors (Lipinski definition) is 0. The van der Waals surface area contributed by atoms with E-state index in [2.05, 4.69) is 19.9 Å². The lowest BCUT2D eigenvalue weighted by Gasteiger charge is -2.10. The molecule has 0 amide bonds. The number of ether oxygens (including phenoxy) is 2. The first-order valence-corrected chi connectivity index (χ1v) is 17.3. The summed E-state index contributed by atoms with van der Waals surface area (Å²) in [5.41, 5.74) is 2.56. The standard InChI is InChI=1S/C32H26N4O4S3/c1-17-33-29(27-23-5-3-7-25(23)41-31(27)35-17)39-19-9-13-21(14-10-19)43(37,38)22-15-11-20(12-16-22)40-30-28-24-6-4-8-26(24)42-32(28)36-18(2)34-30/h9-16H,3-8H2,1-2H3. The number of sulfone groups is 1. The van der Waals surface area contributed by atoms with Crippen LogP contribution in [0.4, 0.5) is 0 Å². The predicted molar refractivity (Wildman–Crippen MR) is 167 cm³/mol. The highest BCUT2D eigenvalue weighted by Gasteiger charge is 2.25. The first kappa shape index (κ1) is 26.7. The Morgan fingerprint density at radius 3 is 1.44 bits per heavy atom. The average Bonchev–Trinajstić information content (AvgIpc) is 3.75. The van der Waals surface area contributed by atoms with Crippen LogP contribution in [0.3, 0.4) is 0 Å². The third-order valence-corrected chi connectivity index (χ3v) is 12.1. The van der Waals surface area contributed by atoms with Crippen LogP contribution in [0, 0.1) is 13.8 Å². The van der Waals surface area contributed by atoms with E-state index in [9.17, 15) is 8.42 Å². The summed E-state index contributed by atoms with van der Waals surface area (Å²) in [6.45, 7) is 3.71. The van der Waals surface area contributed by atoms with Crippen molar-refractivity contribution >= 4 is 52.9 Å². The lowest BCUT2D eigenvalue weighted by atomic mass is 10.2. The van der Waals surface area contributed by atoms with Crippen LogP contribution in [-0.4, -0.2) is 28.4 Å². The molecule has 11 heteroatoms. The third-order valence-electron chi connectivity index (χ3n) is 7.98. The van der Waals surface area contributed by atoms with Gasteiger partial charge < -0.3 is 9.47 Å². The molecule has 6 aromatic rings. The van der Waals surface area contributed by atoms with Crippen LogP contribution in [0.5, 0.6) is 23.3 Å². The van der Waals surface area contributed by atoms with Crippen LogP contribution in [0.25, 0.3) is 20.4 Å². The smallest absolute Gasteiger partial charge is 0.231 e. The Kier molecular flexibility index (Phi) is 6.25.